The van der Waals surface area contributed by atoms with E-state index in [0.29, 0.717) is 30.1 Å². The molecule has 4 heteroatoms. The molecule has 1 aliphatic heterocycles. The van der Waals surface area contributed by atoms with Crippen molar-refractivity contribution in [1.29, 1.82) is 0 Å². The van der Waals surface area contributed by atoms with E-state index in [1.54, 1.807) is 13.0 Å². The van der Waals surface area contributed by atoms with Gasteiger partial charge in [-0.05, 0) is 106 Å². The second kappa shape index (κ2) is 12.0. The van der Waals surface area contributed by atoms with Crippen LogP contribution >= 0.6 is 0 Å². The first-order valence-electron chi connectivity index (χ1n) is 13.0. The van der Waals surface area contributed by atoms with E-state index in [9.17, 15) is 8.78 Å². The molecule has 0 N–H and O–H groups in total. The van der Waals surface area contributed by atoms with Crippen LogP contribution in [0.3, 0.4) is 0 Å². The van der Waals surface area contributed by atoms with Gasteiger partial charge in [-0.25, -0.2) is 4.39 Å². The molecule has 4 rings (SSSR count). The van der Waals surface area contributed by atoms with Crippen LogP contribution in [0.1, 0.15) is 76.7 Å². The van der Waals surface area contributed by atoms with E-state index < -0.39 is 11.6 Å². The van der Waals surface area contributed by atoms with Crippen LogP contribution in [0.15, 0.2) is 48.6 Å². The van der Waals surface area contributed by atoms with Crippen LogP contribution < -0.4 is 4.74 Å². The average molecular weight is 469 g/mol. The van der Waals surface area contributed by atoms with Crippen molar-refractivity contribution >= 4 is 0 Å². The van der Waals surface area contributed by atoms with Crippen molar-refractivity contribution in [2.75, 3.05) is 13.2 Å². The fourth-order valence-electron chi connectivity index (χ4n) is 5.71. The number of allylic oxidation sites excluding steroid dienone is 2. The number of ether oxygens (including phenoxy) is 2. The Bertz CT molecular complexity index is 937. The Morgan fingerprint density at radius 1 is 0.941 bits per heavy atom. The summed E-state index contributed by atoms with van der Waals surface area (Å²) >= 11 is 0. The smallest absolute Gasteiger partial charge is 0.201 e. The summed E-state index contributed by atoms with van der Waals surface area (Å²) < 4.78 is 40.3. The maximum atomic E-state index is 14.6. The Hall–Kier alpha value is -2.20. The molecule has 0 aromatic heterocycles. The van der Waals surface area contributed by atoms with Gasteiger partial charge in [-0.15, -0.1) is 0 Å². The minimum atomic E-state index is -0.921. The summed E-state index contributed by atoms with van der Waals surface area (Å²) in [6.45, 7) is 5.06. The van der Waals surface area contributed by atoms with E-state index in [2.05, 4.69) is 31.2 Å². The van der Waals surface area contributed by atoms with Crippen molar-refractivity contribution in [2.24, 2.45) is 11.8 Å². The normalized spacial score (nSPS) is 25.5. The van der Waals surface area contributed by atoms with Gasteiger partial charge in [-0.2, -0.15) is 4.39 Å². The molecule has 1 saturated heterocycles. The zero-order chi connectivity index (χ0) is 23.9. The number of halogens is 2. The molecule has 184 valence electrons. The molecule has 1 aliphatic carbocycles. The van der Waals surface area contributed by atoms with Gasteiger partial charge < -0.3 is 9.47 Å². The quantitative estimate of drug-likeness (QED) is 0.362. The maximum Gasteiger partial charge on any atom is 0.201 e. The first-order valence-corrected chi connectivity index (χ1v) is 13.0. The summed E-state index contributed by atoms with van der Waals surface area (Å²) in [6.07, 6.45) is 14.5. The molecular formula is C30H38F2O2. The van der Waals surface area contributed by atoms with Crippen LogP contribution in [0.25, 0.3) is 11.1 Å². The van der Waals surface area contributed by atoms with Crippen molar-refractivity contribution in [3.63, 3.8) is 0 Å². The lowest BCUT2D eigenvalue weighted by Crippen LogP contribution is -2.34. The van der Waals surface area contributed by atoms with Gasteiger partial charge in [-0.3, -0.25) is 0 Å². The fourth-order valence-corrected chi connectivity index (χ4v) is 5.71. The van der Waals surface area contributed by atoms with Crippen LogP contribution in [-0.2, 0) is 4.74 Å². The van der Waals surface area contributed by atoms with E-state index in [-0.39, 0.29) is 11.3 Å². The second-order valence-corrected chi connectivity index (χ2v) is 9.87. The number of benzene rings is 2. The van der Waals surface area contributed by atoms with Gasteiger partial charge in [0, 0.05) is 12.2 Å². The molecule has 2 fully saturated rings. The molecule has 34 heavy (non-hydrogen) atoms. The van der Waals surface area contributed by atoms with Crippen LogP contribution in [0.4, 0.5) is 8.78 Å². The van der Waals surface area contributed by atoms with E-state index in [4.69, 9.17) is 9.47 Å². The number of rotatable bonds is 8. The topological polar surface area (TPSA) is 18.5 Å². The van der Waals surface area contributed by atoms with E-state index >= 15 is 0 Å². The van der Waals surface area contributed by atoms with Crippen LogP contribution in [0.2, 0.25) is 0 Å². The molecule has 0 radical (unpaired) electrons. The third kappa shape index (κ3) is 5.89. The van der Waals surface area contributed by atoms with Crippen molar-refractivity contribution in [2.45, 2.75) is 77.2 Å². The summed E-state index contributed by atoms with van der Waals surface area (Å²) in [5.41, 5.74) is 2.26. The van der Waals surface area contributed by atoms with Gasteiger partial charge in [0.25, 0.3) is 0 Å². The Morgan fingerprint density at radius 2 is 1.71 bits per heavy atom. The fraction of sp³-hybridized carbons (Fsp3) is 0.533. The summed E-state index contributed by atoms with van der Waals surface area (Å²) in [4.78, 5) is 0. The Kier molecular flexibility index (Phi) is 8.77. The Balaban J connectivity index is 1.30. The second-order valence-electron chi connectivity index (χ2n) is 9.87. The van der Waals surface area contributed by atoms with Gasteiger partial charge in [0.1, 0.15) is 0 Å². The van der Waals surface area contributed by atoms with Gasteiger partial charge in [0.2, 0.25) is 5.82 Å². The molecule has 2 aromatic carbocycles. The van der Waals surface area contributed by atoms with Gasteiger partial charge in [0.05, 0.1) is 12.7 Å². The third-order valence-corrected chi connectivity index (χ3v) is 7.72. The zero-order valence-corrected chi connectivity index (χ0v) is 20.6. The first kappa shape index (κ1) is 24.9. The van der Waals surface area contributed by atoms with E-state index in [0.717, 1.165) is 12.5 Å². The third-order valence-electron chi connectivity index (χ3n) is 7.72. The van der Waals surface area contributed by atoms with Gasteiger partial charge in [-0.1, -0.05) is 36.4 Å². The van der Waals surface area contributed by atoms with Crippen molar-refractivity contribution in [1.82, 2.24) is 0 Å². The summed E-state index contributed by atoms with van der Waals surface area (Å²) in [5, 5.41) is 0. The van der Waals surface area contributed by atoms with Gasteiger partial charge >= 0.3 is 0 Å². The molecular weight excluding hydrogens is 430 g/mol. The van der Waals surface area contributed by atoms with Crippen LogP contribution in [0, 0.1) is 23.5 Å². The summed E-state index contributed by atoms with van der Waals surface area (Å²) in [5.74, 6) is 0.114. The minimum absolute atomic E-state index is 0.0387. The maximum absolute atomic E-state index is 14.6. The molecule has 2 aromatic rings. The molecule has 2 aliphatic rings. The Labute approximate surface area is 203 Å². The molecule has 1 saturated carbocycles. The summed E-state index contributed by atoms with van der Waals surface area (Å²) in [7, 11) is 0. The van der Waals surface area contributed by atoms with E-state index in [1.165, 1.54) is 63.0 Å². The SMILES string of the molecule is C/C=C/CCC1CCC(C2CCC(c3ccc(-c4ccc(OCC)c(F)c4F)cc3)CC2)OC1. The standard InChI is InChI=1S/C30H38F2O2/c1-3-5-6-7-21-8-18-27(34-20-21)25-15-11-23(12-16-25)22-9-13-24(14-10-22)26-17-19-28(33-4-2)30(32)29(26)31/h3,5,9-10,13-14,17,19,21,23,25,27H,4,6-8,11-12,15-16,18,20H2,1-2H3/b5-3+. The van der Waals surface area contributed by atoms with Gasteiger partial charge in [0.15, 0.2) is 11.6 Å². The molecule has 2 atom stereocenters. The van der Waals surface area contributed by atoms with E-state index in [1.807, 2.05) is 12.1 Å². The lowest BCUT2D eigenvalue weighted by Gasteiger charge is -2.38. The molecule has 0 amide bonds. The first-order chi connectivity index (χ1) is 16.6. The zero-order valence-electron chi connectivity index (χ0n) is 20.6. The molecule has 1 heterocycles. The highest BCUT2D eigenvalue weighted by molar-refractivity contribution is 5.65. The lowest BCUT2D eigenvalue weighted by molar-refractivity contribution is -0.0573. The summed E-state index contributed by atoms with van der Waals surface area (Å²) in [6, 6.07) is 11.1. The van der Waals surface area contributed by atoms with Crippen LogP contribution in [0.5, 0.6) is 5.75 Å². The lowest BCUT2D eigenvalue weighted by atomic mass is 9.75. The minimum Gasteiger partial charge on any atom is -0.491 e. The van der Waals surface area contributed by atoms with Crippen LogP contribution in [-0.4, -0.2) is 19.3 Å². The average Bonchev–Trinajstić information content (AvgIpc) is 2.88. The highest BCUT2D eigenvalue weighted by Crippen LogP contribution is 2.41. The number of hydrogen-bond donors (Lipinski definition) is 0. The highest BCUT2D eigenvalue weighted by atomic mass is 19.2. The molecule has 0 spiro atoms. The predicted octanol–water partition coefficient (Wildman–Crippen LogP) is 8.46. The molecule has 2 unspecified atom stereocenters. The Morgan fingerprint density at radius 3 is 2.35 bits per heavy atom. The predicted molar refractivity (Wildman–Crippen MR) is 134 cm³/mol. The van der Waals surface area contributed by atoms with Crippen molar-refractivity contribution < 1.29 is 18.3 Å². The molecule has 2 nitrogen and oxygen atoms in total. The highest BCUT2D eigenvalue weighted by Gasteiger charge is 2.32. The van der Waals surface area contributed by atoms with Crippen molar-refractivity contribution in [3.05, 3.63) is 65.7 Å². The molecule has 0 bridgehead atoms. The van der Waals surface area contributed by atoms with Crippen molar-refractivity contribution in [3.8, 4) is 16.9 Å². The number of hydrogen-bond acceptors (Lipinski definition) is 2. The monoisotopic (exact) mass is 468 g/mol. The largest absolute Gasteiger partial charge is 0.491 e.